The number of oxime groups is 1. The number of hydrogen-bond donors (Lipinski definition) is 1. The van der Waals surface area contributed by atoms with Gasteiger partial charge in [0.05, 0.1) is 5.71 Å². The first kappa shape index (κ1) is 7.72. The van der Waals surface area contributed by atoms with Crippen molar-refractivity contribution < 1.29 is 5.21 Å². The molecule has 0 unspecified atom stereocenters. The average Bonchev–Trinajstić information content (AvgIpc) is 2.05. The van der Waals surface area contributed by atoms with E-state index < -0.39 is 0 Å². The van der Waals surface area contributed by atoms with E-state index in [2.05, 4.69) is 10.1 Å². The second-order valence-electron chi connectivity index (χ2n) is 2.37. The van der Waals surface area contributed by atoms with Gasteiger partial charge in [0.2, 0.25) is 0 Å². The summed E-state index contributed by atoms with van der Waals surface area (Å²) < 4.78 is 0. The van der Waals surface area contributed by atoms with Crippen molar-refractivity contribution in [3.8, 4) is 0 Å². The van der Waals surface area contributed by atoms with Gasteiger partial charge in [-0.05, 0) is 26.0 Å². The van der Waals surface area contributed by atoms with Gasteiger partial charge in [0.1, 0.15) is 0 Å². The molecular formula is C8H10N2O. The minimum Gasteiger partial charge on any atom is -0.411 e. The van der Waals surface area contributed by atoms with Crippen LogP contribution >= 0.6 is 0 Å². The zero-order valence-electron chi connectivity index (χ0n) is 6.57. The molecule has 0 radical (unpaired) electrons. The average molecular weight is 150 g/mol. The van der Waals surface area contributed by atoms with Crippen LogP contribution in [0, 0.1) is 6.92 Å². The Hall–Kier alpha value is -1.38. The highest BCUT2D eigenvalue weighted by Crippen LogP contribution is 2.00. The molecule has 3 nitrogen and oxygen atoms in total. The van der Waals surface area contributed by atoms with Crippen LogP contribution in [0.1, 0.15) is 18.2 Å². The quantitative estimate of drug-likeness (QED) is 0.375. The van der Waals surface area contributed by atoms with Gasteiger partial charge < -0.3 is 5.21 Å². The molecule has 0 atom stereocenters. The van der Waals surface area contributed by atoms with Crippen LogP contribution in [0.2, 0.25) is 0 Å². The number of rotatable bonds is 1. The smallest absolute Gasteiger partial charge is 0.0852 e. The van der Waals surface area contributed by atoms with Crippen LogP contribution in [-0.2, 0) is 0 Å². The van der Waals surface area contributed by atoms with E-state index in [1.165, 1.54) is 0 Å². The van der Waals surface area contributed by atoms with Crippen molar-refractivity contribution in [1.29, 1.82) is 0 Å². The van der Waals surface area contributed by atoms with Crippen LogP contribution in [0.15, 0.2) is 23.5 Å². The maximum Gasteiger partial charge on any atom is 0.0852 e. The molecule has 1 heterocycles. The molecule has 1 aromatic heterocycles. The summed E-state index contributed by atoms with van der Waals surface area (Å²) in [6, 6.07) is 3.75. The standard InChI is InChI=1S/C8H10N2O/c1-6-3-4-8(5-9-6)7(2)10-11/h3-5,11H,1-2H3/b10-7-. The first-order chi connectivity index (χ1) is 5.24. The van der Waals surface area contributed by atoms with Gasteiger partial charge in [0.15, 0.2) is 0 Å². The first-order valence-corrected chi connectivity index (χ1v) is 3.35. The van der Waals surface area contributed by atoms with Crippen molar-refractivity contribution >= 4 is 5.71 Å². The Morgan fingerprint density at radius 3 is 2.73 bits per heavy atom. The molecule has 0 amide bonds. The minimum absolute atomic E-state index is 0.581. The van der Waals surface area contributed by atoms with E-state index in [1.54, 1.807) is 13.1 Å². The van der Waals surface area contributed by atoms with Gasteiger partial charge in [-0.1, -0.05) is 5.16 Å². The van der Waals surface area contributed by atoms with Gasteiger partial charge in [-0.15, -0.1) is 0 Å². The summed E-state index contributed by atoms with van der Waals surface area (Å²) in [6.07, 6.45) is 1.68. The number of nitrogens with zero attached hydrogens (tertiary/aromatic N) is 2. The Morgan fingerprint density at radius 2 is 2.27 bits per heavy atom. The zero-order chi connectivity index (χ0) is 8.27. The second kappa shape index (κ2) is 3.14. The van der Waals surface area contributed by atoms with Crippen LogP contribution in [0.5, 0.6) is 0 Å². The summed E-state index contributed by atoms with van der Waals surface area (Å²) in [4.78, 5) is 4.06. The number of hydrogen-bond acceptors (Lipinski definition) is 3. The maximum atomic E-state index is 8.42. The van der Waals surface area contributed by atoms with Crippen LogP contribution in [0.3, 0.4) is 0 Å². The van der Waals surface area contributed by atoms with Crippen LogP contribution < -0.4 is 0 Å². The molecule has 0 aromatic carbocycles. The lowest BCUT2D eigenvalue weighted by Crippen LogP contribution is -1.95. The normalized spacial score (nSPS) is 11.6. The van der Waals surface area contributed by atoms with Gasteiger partial charge in [-0.3, -0.25) is 4.98 Å². The van der Waals surface area contributed by atoms with Gasteiger partial charge in [0, 0.05) is 17.5 Å². The molecule has 1 aromatic rings. The Balaban J connectivity index is 2.99. The van der Waals surface area contributed by atoms with Crippen molar-refractivity contribution in [2.75, 3.05) is 0 Å². The third kappa shape index (κ3) is 1.77. The van der Waals surface area contributed by atoms with Crippen LogP contribution in [-0.4, -0.2) is 15.9 Å². The summed E-state index contributed by atoms with van der Waals surface area (Å²) in [5.74, 6) is 0. The Labute approximate surface area is 65.4 Å². The van der Waals surface area contributed by atoms with Crippen LogP contribution in [0.4, 0.5) is 0 Å². The molecular weight excluding hydrogens is 140 g/mol. The van der Waals surface area contributed by atoms with E-state index in [-0.39, 0.29) is 0 Å². The van der Waals surface area contributed by atoms with Gasteiger partial charge in [-0.25, -0.2) is 0 Å². The summed E-state index contributed by atoms with van der Waals surface area (Å²) in [6.45, 7) is 3.64. The van der Waals surface area contributed by atoms with E-state index in [0.29, 0.717) is 5.71 Å². The highest BCUT2D eigenvalue weighted by Gasteiger charge is 1.95. The highest BCUT2D eigenvalue weighted by atomic mass is 16.4. The van der Waals surface area contributed by atoms with E-state index in [9.17, 15) is 0 Å². The van der Waals surface area contributed by atoms with E-state index >= 15 is 0 Å². The topological polar surface area (TPSA) is 45.5 Å². The molecule has 11 heavy (non-hydrogen) atoms. The maximum absolute atomic E-state index is 8.42. The third-order valence-electron chi connectivity index (χ3n) is 1.48. The molecule has 1 N–H and O–H groups in total. The van der Waals surface area contributed by atoms with Crippen molar-refractivity contribution in [2.24, 2.45) is 5.16 Å². The third-order valence-corrected chi connectivity index (χ3v) is 1.48. The zero-order valence-corrected chi connectivity index (χ0v) is 6.57. The van der Waals surface area contributed by atoms with Crippen molar-refractivity contribution in [2.45, 2.75) is 13.8 Å². The summed E-state index contributed by atoms with van der Waals surface area (Å²) in [5, 5.41) is 11.5. The Bertz CT molecular complexity index is 264. The molecule has 0 bridgehead atoms. The first-order valence-electron chi connectivity index (χ1n) is 3.35. The lowest BCUT2D eigenvalue weighted by Gasteiger charge is -1.96. The minimum atomic E-state index is 0.581. The largest absolute Gasteiger partial charge is 0.411 e. The molecule has 0 fully saturated rings. The van der Waals surface area contributed by atoms with Gasteiger partial charge >= 0.3 is 0 Å². The summed E-state index contributed by atoms with van der Waals surface area (Å²) >= 11 is 0. The van der Waals surface area contributed by atoms with Crippen molar-refractivity contribution in [1.82, 2.24) is 4.98 Å². The molecule has 0 spiro atoms. The predicted molar refractivity (Wildman–Crippen MR) is 43.0 cm³/mol. The van der Waals surface area contributed by atoms with Crippen LogP contribution in [0.25, 0.3) is 0 Å². The number of pyridine rings is 1. The van der Waals surface area contributed by atoms with Gasteiger partial charge in [-0.2, -0.15) is 0 Å². The number of aryl methyl sites for hydroxylation is 1. The Kier molecular flexibility index (Phi) is 2.21. The van der Waals surface area contributed by atoms with E-state index in [4.69, 9.17) is 5.21 Å². The summed E-state index contributed by atoms with van der Waals surface area (Å²) in [7, 11) is 0. The molecule has 0 saturated carbocycles. The Morgan fingerprint density at radius 1 is 1.55 bits per heavy atom. The van der Waals surface area contributed by atoms with E-state index in [0.717, 1.165) is 11.3 Å². The molecule has 3 heteroatoms. The fourth-order valence-corrected chi connectivity index (χ4v) is 0.740. The van der Waals surface area contributed by atoms with E-state index in [1.807, 2.05) is 19.1 Å². The fraction of sp³-hybridized carbons (Fsp3) is 0.250. The molecule has 1 rings (SSSR count). The second-order valence-corrected chi connectivity index (χ2v) is 2.37. The molecule has 0 aliphatic rings. The van der Waals surface area contributed by atoms with Crippen molar-refractivity contribution in [3.05, 3.63) is 29.6 Å². The monoisotopic (exact) mass is 150 g/mol. The van der Waals surface area contributed by atoms with Crippen molar-refractivity contribution in [3.63, 3.8) is 0 Å². The SMILES string of the molecule is C/C(=N/O)c1ccc(C)nc1. The predicted octanol–water partition coefficient (Wildman–Crippen LogP) is 1.59. The number of aromatic nitrogens is 1. The molecule has 58 valence electrons. The van der Waals surface area contributed by atoms with Gasteiger partial charge in [0.25, 0.3) is 0 Å². The lowest BCUT2D eigenvalue weighted by molar-refractivity contribution is 0.319. The lowest BCUT2D eigenvalue weighted by atomic mass is 10.2. The summed E-state index contributed by atoms with van der Waals surface area (Å²) in [5.41, 5.74) is 2.38. The molecule has 0 saturated heterocycles. The molecule has 0 aliphatic carbocycles. The highest BCUT2D eigenvalue weighted by molar-refractivity contribution is 5.97. The fourth-order valence-electron chi connectivity index (χ4n) is 0.740. The molecule has 0 aliphatic heterocycles.